The van der Waals surface area contributed by atoms with E-state index in [9.17, 15) is 4.79 Å². The van der Waals surface area contributed by atoms with E-state index in [0.29, 0.717) is 12.1 Å². The van der Waals surface area contributed by atoms with E-state index in [1.807, 2.05) is 12.3 Å². The Balaban J connectivity index is 1.83. The van der Waals surface area contributed by atoms with Crippen molar-refractivity contribution >= 4 is 23.1 Å². The number of nitrogens with one attached hydrogen (secondary N) is 2. The van der Waals surface area contributed by atoms with Crippen molar-refractivity contribution in [3.8, 4) is 0 Å². The normalized spacial score (nSPS) is 10.2. The lowest BCUT2D eigenvalue weighted by molar-refractivity contribution is 0.0954. The van der Waals surface area contributed by atoms with Crippen molar-refractivity contribution in [2.24, 2.45) is 0 Å². The van der Waals surface area contributed by atoms with Gasteiger partial charge < -0.3 is 10.6 Å². The zero-order valence-corrected chi connectivity index (χ0v) is 11.8. The van der Waals surface area contributed by atoms with E-state index < -0.39 is 0 Å². The summed E-state index contributed by atoms with van der Waals surface area (Å²) in [4.78, 5) is 20.3. The van der Waals surface area contributed by atoms with Gasteiger partial charge in [-0.1, -0.05) is 0 Å². The lowest BCUT2D eigenvalue weighted by Gasteiger charge is -2.04. The molecule has 2 aromatic heterocycles. The van der Waals surface area contributed by atoms with Crippen LogP contribution in [0, 0.1) is 6.92 Å². The summed E-state index contributed by atoms with van der Waals surface area (Å²) in [7, 11) is 1.79. The number of nitrogens with zero attached hydrogens (tertiary/aromatic N) is 2. The van der Waals surface area contributed by atoms with Crippen molar-refractivity contribution in [3.05, 3.63) is 40.0 Å². The second-order valence-corrected chi connectivity index (χ2v) is 5.01. The third kappa shape index (κ3) is 3.75. The maximum Gasteiger partial charge on any atom is 0.252 e. The highest BCUT2D eigenvalue weighted by molar-refractivity contribution is 7.09. The molecule has 0 spiro atoms. The molecule has 0 saturated heterocycles. The summed E-state index contributed by atoms with van der Waals surface area (Å²) in [5.41, 5.74) is 1.59. The fourth-order valence-corrected chi connectivity index (χ4v) is 2.35. The molecule has 6 heteroatoms. The number of hydrogen-bond donors (Lipinski definition) is 2. The van der Waals surface area contributed by atoms with Gasteiger partial charge in [-0.2, -0.15) is 0 Å². The fraction of sp³-hybridized carbons (Fsp3) is 0.308. The summed E-state index contributed by atoms with van der Waals surface area (Å²) in [6.07, 6.45) is 2.32. The minimum atomic E-state index is -0.108. The van der Waals surface area contributed by atoms with Gasteiger partial charge in [-0.15, -0.1) is 11.3 Å². The minimum absolute atomic E-state index is 0.108. The number of aromatic nitrogens is 2. The molecule has 5 nitrogen and oxygen atoms in total. The standard InChI is InChI=1S/C13H16N4OS/c1-9-8-19-12(17-9)5-6-15-13(18)10-3-4-11(14-2)16-7-10/h3-4,7-8H,5-6H2,1-2H3,(H,14,16)(H,15,18). The molecule has 0 fully saturated rings. The number of rotatable bonds is 5. The van der Waals surface area contributed by atoms with E-state index in [-0.39, 0.29) is 5.91 Å². The Hall–Kier alpha value is -1.95. The Morgan fingerprint density at radius 1 is 1.42 bits per heavy atom. The van der Waals surface area contributed by atoms with E-state index in [2.05, 4.69) is 20.6 Å². The molecule has 0 aliphatic carbocycles. The van der Waals surface area contributed by atoms with E-state index >= 15 is 0 Å². The number of hydrogen-bond acceptors (Lipinski definition) is 5. The Labute approximate surface area is 116 Å². The maximum atomic E-state index is 11.9. The molecule has 0 radical (unpaired) electrons. The van der Waals surface area contributed by atoms with Crippen LogP contribution in [-0.4, -0.2) is 29.5 Å². The van der Waals surface area contributed by atoms with Crippen molar-refractivity contribution in [2.45, 2.75) is 13.3 Å². The molecule has 0 aliphatic rings. The predicted molar refractivity (Wildman–Crippen MR) is 76.7 cm³/mol. The maximum absolute atomic E-state index is 11.9. The Morgan fingerprint density at radius 3 is 2.84 bits per heavy atom. The van der Waals surface area contributed by atoms with Crippen LogP contribution in [0.15, 0.2) is 23.7 Å². The van der Waals surface area contributed by atoms with Gasteiger partial charge >= 0.3 is 0 Å². The van der Waals surface area contributed by atoms with Crippen LogP contribution in [0.25, 0.3) is 0 Å². The van der Waals surface area contributed by atoms with Crippen LogP contribution in [0.2, 0.25) is 0 Å². The second kappa shape index (κ2) is 6.29. The van der Waals surface area contributed by atoms with Gasteiger partial charge in [0.25, 0.3) is 5.91 Å². The number of aryl methyl sites for hydroxylation is 1. The van der Waals surface area contributed by atoms with E-state index in [0.717, 1.165) is 22.9 Å². The average Bonchev–Trinajstić information content (AvgIpc) is 2.84. The van der Waals surface area contributed by atoms with Gasteiger partial charge in [0.15, 0.2) is 0 Å². The molecule has 0 bridgehead atoms. The number of thiazole rings is 1. The quantitative estimate of drug-likeness (QED) is 0.874. The van der Waals surface area contributed by atoms with Crippen molar-refractivity contribution in [1.29, 1.82) is 0 Å². The molecular formula is C13H16N4OS. The zero-order valence-electron chi connectivity index (χ0n) is 10.9. The molecule has 0 aliphatic heterocycles. The van der Waals surface area contributed by atoms with Crippen LogP contribution in [-0.2, 0) is 6.42 Å². The van der Waals surface area contributed by atoms with Crippen molar-refractivity contribution in [2.75, 3.05) is 18.9 Å². The third-order valence-electron chi connectivity index (χ3n) is 2.57. The topological polar surface area (TPSA) is 66.9 Å². The average molecular weight is 276 g/mol. The molecule has 0 aromatic carbocycles. The number of carbonyl (C=O) groups excluding carboxylic acids is 1. The van der Waals surface area contributed by atoms with Gasteiger partial charge in [-0.25, -0.2) is 9.97 Å². The molecular weight excluding hydrogens is 260 g/mol. The highest BCUT2D eigenvalue weighted by atomic mass is 32.1. The van der Waals surface area contributed by atoms with Crippen LogP contribution in [0.5, 0.6) is 0 Å². The Bertz CT molecular complexity index is 550. The monoisotopic (exact) mass is 276 g/mol. The van der Waals surface area contributed by atoms with Crippen LogP contribution in [0.4, 0.5) is 5.82 Å². The highest BCUT2D eigenvalue weighted by Gasteiger charge is 2.06. The second-order valence-electron chi connectivity index (χ2n) is 4.07. The van der Waals surface area contributed by atoms with Crippen molar-refractivity contribution in [3.63, 3.8) is 0 Å². The molecule has 2 aromatic rings. The zero-order chi connectivity index (χ0) is 13.7. The summed E-state index contributed by atoms with van der Waals surface area (Å²) < 4.78 is 0. The summed E-state index contributed by atoms with van der Waals surface area (Å²) in [5.74, 6) is 0.637. The Kier molecular flexibility index (Phi) is 4.46. The smallest absolute Gasteiger partial charge is 0.252 e. The van der Waals surface area contributed by atoms with Crippen molar-refractivity contribution in [1.82, 2.24) is 15.3 Å². The van der Waals surface area contributed by atoms with E-state index in [4.69, 9.17) is 0 Å². The van der Waals surface area contributed by atoms with Gasteiger partial charge in [0.1, 0.15) is 5.82 Å². The predicted octanol–water partition coefficient (Wildman–Crippen LogP) is 1.86. The van der Waals surface area contributed by atoms with Gasteiger partial charge in [0.2, 0.25) is 0 Å². The molecule has 0 unspecified atom stereocenters. The van der Waals surface area contributed by atoms with Gasteiger partial charge in [-0.05, 0) is 19.1 Å². The first-order chi connectivity index (χ1) is 9.19. The lowest BCUT2D eigenvalue weighted by Crippen LogP contribution is -2.25. The lowest BCUT2D eigenvalue weighted by atomic mass is 10.2. The molecule has 19 heavy (non-hydrogen) atoms. The number of pyridine rings is 1. The molecule has 2 N–H and O–H groups in total. The highest BCUT2D eigenvalue weighted by Crippen LogP contribution is 2.09. The summed E-state index contributed by atoms with van der Waals surface area (Å²) in [5, 5.41) is 8.83. The third-order valence-corrected chi connectivity index (χ3v) is 3.60. The Morgan fingerprint density at radius 2 is 2.26 bits per heavy atom. The van der Waals surface area contributed by atoms with Crippen LogP contribution in [0.1, 0.15) is 21.1 Å². The summed E-state index contributed by atoms with van der Waals surface area (Å²) >= 11 is 1.62. The largest absolute Gasteiger partial charge is 0.373 e. The molecule has 1 amide bonds. The van der Waals surface area contributed by atoms with E-state index in [1.165, 1.54) is 0 Å². The first-order valence-electron chi connectivity index (χ1n) is 6.02. The number of anilines is 1. The summed E-state index contributed by atoms with van der Waals surface area (Å²) in [6.45, 7) is 2.55. The first-order valence-corrected chi connectivity index (χ1v) is 6.90. The van der Waals surface area contributed by atoms with E-state index in [1.54, 1.807) is 36.7 Å². The van der Waals surface area contributed by atoms with Crippen LogP contribution < -0.4 is 10.6 Å². The fourth-order valence-electron chi connectivity index (χ4n) is 1.58. The number of amides is 1. The van der Waals surface area contributed by atoms with Crippen molar-refractivity contribution < 1.29 is 4.79 Å². The van der Waals surface area contributed by atoms with Crippen LogP contribution in [0.3, 0.4) is 0 Å². The molecule has 0 saturated carbocycles. The molecule has 0 atom stereocenters. The number of carbonyl (C=O) groups is 1. The van der Waals surface area contributed by atoms with Gasteiger partial charge in [0.05, 0.1) is 10.6 Å². The SMILES string of the molecule is CNc1ccc(C(=O)NCCc2nc(C)cs2)cn1. The molecule has 100 valence electrons. The van der Waals surface area contributed by atoms with Gasteiger partial charge in [0, 0.05) is 37.3 Å². The van der Waals surface area contributed by atoms with Gasteiger partial charge in [-0.3, -0.25) is 4.79 Å². The van der Waals surface area contributed by atoms with Crippen LogP contribution >= 0.6 is 11.3 Å². The summed E-state index contributed by atoms with van der Waals surface area (Å²) in [6, 6.07) is 3.53. The molecule has 2 rings (SSSR count). The first kappa shape index (κ1) is 13.5. The molecule has 2 heterocycles. The minimum Gasteiger partial charge on any atom is -0.373 e.